The summed E-state index contributed by atoms with van der Waals surface area (Å²) in [6.45, 7) is 6.44. The van der Waals surface area contributed by atoms with E-state index in [-0.39, 0.29) is 11.7 Å². The summed E-state index contributed by atoms with van der Waals surface area (Å²) < 4.78 is 7.24. The molecule has 0 unspecified atom stereocenters. The second kappa shape index (κ2) is 10.0. The number of aromatic nitrogens is 2. The van der Waals surface area contributed by atoms with Crippen molar-refractivity contribution >= 4 is 34.7 Å². The normalized spacial score (nSPS) is 10.8. The van der Waals surface area contributed by atoms with Gasteiger partial charge in [-0.05, 0) is 32.4 Å². The average molecular weight is 364 g/mol. The number of nitrogens with one attached hydrogen (secondary N) is 2. The lowest BCUT2D eigenvalue weighted by Crippen LogP contribution is -2.40. The Kier molecular flexibility index (Phi) is 7.75. The van der Waals surface area contributed by atoms with E-state index >= 15 is 0 Å². The highest BCUT2D eigenvalue weighted by molar-refractivity contribution is 7.99. The van der Waals surface area contributed by atoms with Crippen LogP contribution in [0.15, 0.2) is 29.4 Å². The summed E-state index contributed by atoms with van der Waals surface area (Å²) in [5.74, 6) is -0.211. The molecule has 7 nitrogen and oxygen atoms in total. The molecule has 0 saturated carbocycles. The van der Waals surface area contributed by atoms with Crippen LogP contribution in [0.5, 0.6) is 0 Å². The number of imide groups is 1. The first-order valence-corrected chi connectivity index (χ1v) is 9.37. The number of hydrogen-bond donors (Lipinski definition) is 2. The quantitative estimate of drug-likeness (QED) is 0.527. The van der Waals surface area contributed by atoms with Crippen molar-refractivity contribution in [1.82, 2.24) is 20.2 Å². The Morgan fingerprint density at radius 2 is 2.08 bits per heavy atom. The number of para-hydroxylation sites is 2. The van der Waals surface area contributed by atoms with E-state index in [9.17, 15) is 9.59 Å². The molecule has 0 saturated heterocycles. The van der Waals surface area contributed by atoms with Gasteiger partial charge >= 0.3 is 6.03 Å². The van der Waals surface area contributed by atoms with Gasteiger partial charge in [0.15, 0.2) is 5.16 Å². The maximum absolute atomic E-state index is 11.9. The van der Waals surface area contributed by atoms with Gasteiger partial charge < -0.3 is 14.6 Å². The molecule has 0 spiro atoms. The second-order valence-corrected chi connectivity index (χ2v) is 6.21. The Morgan fingerprint density at radius 3 is 2.84 bits per heavy atom. The number of thioether (sulfide) groups is 1. The van der Waals surface area contributed by atoms with Gasteiger partial charge in [-0.25, -0.2) is 9.78 Å². The fourth-order valence-corrected chi connectivity index (χ4v) is 3.21. The Hall–Kier alpha value is -2.06. The van der Waals surface area contributed by atoms with Crippen molar-refractivity contribution < 1.29 is 14.3 Å². The Labute approximate surface area is 151 Å². The minimum atomic E-state index is -0.480. The van der Waals surface area contributed by atoms with E-state index in [1.165, 1.54) is 11.8 Å². The predicted octanol–water partition coefficient (Wildman–Crippen LogP) is 2.40. The molecule has 3 amide bonds. The van der Waals surface area contributed by atoms with Crippen molar-refractivity contribution in [3.63, 3.8) is 0 Å². The number of benzene rings is 1. The first-order chi connectivity index (χ1) is 12.2. The maximum Gasteiger partial charge on any atom is 0.321 e. The van der Waals surface area contributed by atoms with E-state index in [4.69, 9.17) is 4.74 Å². The molecule has 2 N–H and O–H groups in total. The fraction of sp³-hybridized carbons (Fsp3) is 0.471. The number of carbonyl (C=O) groups excluding carboxylic acids is 2. The summed E-state index contributed by atoms with van der Waals surface area (Å²) in [4.78, 5) is 28.1. The van der Waals surface area contributed by atoms with Crippen LogP contribution in [0.3, 0.4) is 0 Å². The molecule has 2 aromatic rings. The first-order valence-electron chi connectivity index (χ1n) is 8.39. The zero-order valence-corrected chi connectivity index (χ0v) is 15.4. The number of ether oxygens (including phenoxy) is 1. The molecule has 0 fully saturated rings. The molecule has 1 heterocycles. The summed E-state index contributed by atoms with van der Waals surface area (Å²) >= 11 is 1.32. The molecule has 0 aliphatic heterocycles. The maximum atomic E-state index is 11.9. The number of rotatable bonds is 9. The summed E-state index contributed by atoms with van der Waals surface area (Å²) in [5, 5.41) is 5.73. The number of hydrogen-bond acceptors (Lipinski definition) is 5. The largest absolute Gasteiger partial charge is 0.382 e. The molecule has 0 aliphatic rings. The van der Waals surface area contributed by atoms with Gasteiger partial charge in [-0.3, -0.25) is 10.1 Å². The van der Waals surface area contributed by atoms with Crippen LogP contribution in [-0.4, -0.2) is 47.0 Å². The molecule has 1 aromatic carbocycles. The third-order valence-corrected chi connectivity index (χ3v) is 4.45. The molecule has 8 heteroatoms. The van der Waals surface area contributed by atoms with Crippen molar-refractivity contribution in [2.45, 2.75) is 32.0 Å². The molecule has 1 aromatic heterocycles. The minimum absolute atomic E-state index is 0.135. The van der Waals surface area contributed by atoms with E-state index in [0.29, 0.717) is 26.2 Å². The lowest BCUT2D eigenvalue weighted by Gasteiger charge is -2.07. The van der Waals surface area contributed by atoms with Gasteiger partial charge in [-0.1, -0.05) is 23.9 Å². The molecule has 0 radical (unpaired) electrons. The third-order valence-electron chi connectivity index (χ3n) is 3.48. The molecule has 2 rings (SSSR count). The average Bonchev–Trinajstić information content (AvgIpc) is 2.97. The zero-order chi connectivity index (χ0) is 18.1. The third kappa shape index (κ3) is 5.75. The van der Waals surface area contributed by atoms with Crippen molar-refractivity contribution in [3.8, 4) is 0 Å². The standard InChI is InChI=1S/C17H24N4O3S/c1-3-21-14-9-6-5-8-13(14)19-17(21)25-12-15(22)20-16(23)18-10-7-11-24-4-2/h5-6,8-9H,3-4,7,10-12H2,1-2H3,(H2,18,20,22,23). The number of carbonyl (C=O) groups is 2. The van der Waals surface area contributed by atoms with Crippen LogP contribution in [-0.2, 0) is 16.1 Å². The summed E-state index contributed by atoms with van der Waals surface area (Å²) in [6, 6.07) is 7.37. The van der Waals surface area contributed by atoms with Crippen LogP contribution < -0.4 is 10.6 Å². The number of imidazole rings is 1. The monoisotopic (exact) mass is 364 g/mol. The molecule has 25 heavy (non-hydrogen) atoms. The van der Waals surface area contributed by atoms with Gasteiger partial charge in [-0.2, -0.15) is 0 Å². The minimum Gasteiger partial charge on any atom is -0.382 e. The van der Waals surface area contributed by atoms with Crippen molar-refractivity contribution in [3.05, 3.63) is 24.3 Å². The van der Waals surface area contributed by atoms with Crippen LogP contribution >= 0.6 is 11.8 Å². The van der Waals surface area contributed by atoms with E-state index in [2.05, 4.69) is 20.2 Å². The second-order valence-electron chi connectivity index (χ2n) is 5.27. The summed E-state index contributed by atoms with van der Waals surface area (Å²) in [6.07, 6.45) is 0.713. The molecule has 136 valence electrons. The number of fused-ring (bicyclic) bond motifs is 1. The van der Waals surface area contributed by atoms with Crippen molar-refractivity contribution in [2.75, 3.05) is 25.5 Å². The molecule has 0 atom stereocenters. The highest BCUT2D eigenvalue weighted by Crippen LogP contribution is 2.23. The van der Waals surface area contributed by atoms with E-state index in [0.717, 1.165) is 22.7 Å². The Bertz CT molecular complexity index is 717. The number of nitrogens with zero attached hydrogens (tertiary/aromatic N) is 2. The number of aryl methyl sites for hydroxylation is 1. The fourth-order valence-electron chi connectivity index (χ4n) is 2.33. The lowest BCUT2D eigenvalue weighted by molar-refractivity contribution is -0.117. The van der Waals surface area contributed by atoms with E-state index < -0.39 is 6.03 Å². The zero-order valence-electron chi connectivity index (χ0n) is 14.6. The molecular weight excluding hydrogens is 340 g/mol. The lowest BCUT2D eigenvalue weighted by atomic mass is 10.3. The first kappa shape index (κ1) is 19.3. The Balaban J connectivity index is 1.79. The summed E-state index contributed by atoms with van der Waals surface area (Å²) in [7, 11) is 0. The predicted molar refractivity (Wildman–Crippen MR) is 98.8 cm³/mol. The Morgan fingerprint density at radius 1 is 1.28 bits per heavy atom. The highest BCUT2D eigenvalue weighted by Gasteiger charge is 2.13. The van der Waals surface area contributed by atoms with Crippen LogP contribution in [0.25, 0.3) is 11.0 Å². The molecular formula is C17H24N4O3S. The topological polar surface area (TPSA) is 85.2 Å². The van der Waals surface area contributed by atoms with Gasteiger partial charge in [0.25, 0.3) is 0 Å². The van der Waals surface area contributed by atoms with Crippen LogP contribution in [0.4, 0.5) is 4.79 Å². The van der Waals surface area contributed by atoms with E-state index in [1.807, 2.05) is 38.1 Å². The smallest absolute Gasteiger partial charge is 0.321 e. The number of amides is 3. The van der Waals surface area contributed by atoms with Gasteiger partial charge in [0.1, 0.15) is 0 Å². The van der Waals surface area contributed by atoms with Gasteiger partial charge in [0.2, 0.25) is 5.91 Å². The summed E-state index contributed by atoms with van der Waals surface area (Å²) in [5.41, 5.74) is 1.94. The van der Waals surface area contributed by atoms with Crippen LogP contribution in [0.2, 0.25) is 0 Å². The van der Waals surface area contributed by atoms with Crippen LogP contribution in [0.1, 0.15) is 20.3 Å². The van der Waals surface area contributed by atoms with Crippen molar-refractivity contribution in [1.29, 1.82) is 0 Å². The SMILES string of the molecule is CCOCCCNC(=O)NC(=O)CSc1nc2ccccc2n1CC. The highest BCUT2D eigenvalue weighted by atomic mass is 32.2. The molecule has 0 bridgehead atoms. The van der Waals surface area contributed by atoms with Crippen molar-refractivity contribution in [2.24, 2.45) is 0 Å². The molecule has 0 aliphatic carbocycles. The van der Waals surface area contributed by atoms with E-state index in [1.54, 1.807) is 0 Å². The van der Waals surface area contributed by atoms with Gasteiger partial charge in [0, 0.05) is 26.3 Å². The van der Waals surface area contributed by atoms with Crippen LogP contribution in [0, 0.1) is 0 Å². The van der Waals surface area contributed by atoms with Gasteiger partial charge in [0.05, 0.1) is 16.8 Å². The number of urea groups is 1. The van der Waals surface area contributed by atoms with Gasteiger partial charge in [-0.15, -0.1) is 0 Å².